The lowest BCUT2D eigenvalue weighted by Crippen LogP contribution is -2.48. The minimum atomic E-state index is -3.56. The van der Waals surface area contributed by atoms with Crippen LogP contribution < -0.4 is 14.4 Å². The Kier molecular flexibility index (Phi) is 5.63. The molecule has 8 nitrogen and oxygen atoms in total. The van der Waals surface area contributed by atoms with Crippen LogP contribution in [-0.4, -0.2) is 48.7 Å². The van der Waals surface area contributed by atoms with Gasteiger partial charge < -0.3 is 4.74 Å². The third kappa shape index (κ3) is 4.71. The Bertz CT molecular complexity index is 958. The van der Waals surface area contributed by atoms with Crippen LogP contribution >= 0.6 is 23.1 Å². The predicted molar refractivity (Wildman–Crippen MR) is 107 cm³/mol. The average molecular weight is 429 g/mol. The van der Waals surface area contributed by atoms with Crippen molar-refractivity contribution in [3.05, 3.63) is 23.8 Å². The van der Waals surface area contributed by atoms with Gasteiger partial charge in [-0.25, -0.2) is 8.42 Å². The standard InChI is InChI=1S/C16H20N4O4S3/c1-9(2)25-16-19-18-15(26-16)17-14(21)13-8-20(27(4,22)23)11-6-5-10(3)7-12(11)24-13/h5-7,9,13H,8H2,1-4H3,(H,17,18,21)/t13-/m0/s1. The summed E-state index contributed by atoms with van der Waals surface area (Å²) in [5.41, 5.74) is 1.33. The summed E-state index contributed by atoms with van der Waals surface area (Å²) in [6.45, 7) is 5.85. The molecule has 0 aliphatic carbocycles. The summed E-state index contributed by atoms with van der Waals surface area (Å²) in [5.74, 6) is -0.104. The Hall–Kier alpha value is -1.85. The van der Waals surface area contributed by atoms with E-state index < -0.39 is 22.0 Å². The quantitative estimate of drug-likeness (QED) is 0.577. The molecule has 0 spiro atoms. The molecule has 0 saturated carbocycles. The number of amides is 1. The van der Waals surface area contributed by atoms with Crippen LogP contribution in [0, 0.1) is 6.92 Å². The van der Waals surface area contributed by atoms with E-state index in [0.29, 0.717) is 21.8 Å². The van der Waals surface area contributed by atoms with Crippen LogP contribution in [0.3, 0.4) is 0 Å². The Morgan fingerprint density at radius 1 is 1.41 bits per heavy atom. The number of benzene rings is 1. The van der Waals surface area contributed by atoms with Crippen LogP contribution in [-0.2, 0) is 14.8 Å². The number of aromatic nitrogens is 2. The minimum absolute atomic E-state index is 0.104. The lowest BCUT2D eigenvalue weighted by atomic mass is 10.1. The molecule has 0 saturated heterocycles. The third-order valence-corrected chi connectivity index (χ3v) is 6.72. The average Bonchev–Trinajstić information content (AvgIpc) is 2.98. The van der Waals surface area contributed by atoms with Gasteiger partial charge in [0.2, 0.25) is 15.2 Å². The Labute approximate surface area is 166 Å². The van der Waals surface area contributed by atoms with E-state index >= 15 is 0 Å². The lowest BCUT2D eigenvalue weighted by Gasteiger charge is -2.33. The molecule has 11 heteroatoms. The number of ether oxygens (including phenoxy) is 1. The first-order valence-electron chi connectivity index (χ1n) is 8.19. The normalized spacial score (nSPS) is 16.8. The van der Waals surface area contributed by atoms with Gasteiger partial charge in [0.15, 0.2) is 10.4 Å². The number of carbonyl (C=O) groups is 1. The van der Waals surface area contributed by atoms with E-state index in [1.807, 2.05) is 20.8 Å². The number of aryl methyl sites for hydroxylation is 1. The molecule has 0 bridgehead atoms. The maximum Gasteiger partial charge on any atom is 0.269 e. The molecule has 1 aromatic heterocycles. The highest BCUT2D eigenvalue weighted by atomic mass is 32.2. The van der Waals surface area contributed by atoms with Gasteiger partial charge in [-0.15, -0.1) is 10.2 Å². The molecule has 2 heterocycles. The van der Waals surface area contributed by atoms with Gasteiger partial charge in [-0.1, -0.05) is 43.0 Å². The highest BCUT2D eigenvalue weighted by molar-refractivity contribution is 8.01. The Morgan fingerprint density at radius 3 is 2.81 bits per heavy atom. The zero-order chi connectivity index (χ0) is 19.8. The molecular formula is C16H20N4O4S3. The van der Waals surface area contributed by atoms with Crippen molar-refractivity contribution in [2.75, 3.05) is 22.4 Å². The molecule has 146 valence electrons. The minimum Gasteiger partial charge on any atom is -0.476 e. The fourth-order valence-electron chi connectivity index (χ4n) is 2.51. The maximum absolute atomic E-state index is 12.6. The second-order valence-corrected chi connectivity index (χ2v) is 11.1. The number of sulfonamides is 1. The van der Waals surface area contributed by atoms with Crippen molar-refractivity contribution in [3.63, 3.8) is 0 Å². The second-order valence-electron chi connectivity index (χ2n) is 6.40. The molecule has 3 rings (SSSR count). The molecule has 2 aromatic rings. The molecule has 0 unspecified atom stereocenters. The number of hydrogen-bond acceptors (Lipinski definition) is 8. The zero-order valence-corrected chi connectivity index (χ0v) is 17.7. The van der Waals surface area contributed by atoms with Gasteiger partial charge >= 0.3 is 0 Å². The maximum atomic E-state index is 12.6. The summed E-state index contributed by atoms with van der Waals surface area (Å²) >= 11 is 2.82. The first kappa shape index (κ1) is 19.9. The molecule has 1 amide bonds. The van der Waals surface area contributed by atoms with Crippen molar-refractivity contribution in [2.24, 2.45) is 0 Å². The summed E-state index contributed by atoms with van der Waals surface area (Å²) in [6.07, 6.45) is 0.121. The molecule has 1 N–H and O–H groups in total. The number of hydrogen-bond donors (Lipinski definition) is 1. The molecule has 1 aliphatic heterocycles. The molecule has 1 aromatic carbocycles. The highest BCUT2D eigenvalue weighted by Gasteiger charge is 2.35. The smallest absolute Gasteiger partial charge is 0.269 e. The van der Waals surface area contributed by atoms with Gasteiger partial charge in [-0.2, -0.15) is 0 Å². The van der Waals surface area contributed by atoms with Crippen LogP contribution in [0.2, 0.25) is 0 Å². The summed E-state index contributed by atoms with van der Waals surface area (Å²) in [7, 11) is -3.56. The molecule has 27 heavy (non-hydrogen) atoms. The second kappa shape index (κ2) is 7.64. The van der Waals surface area contributed by atoms with Crippen molar-refractivity contribution in [1.82, 2.24) is 10.2 Å². The summed E-state index contributed by atoms with van der Waals surface area (Å²) in [5, 5.41) is 11.4. The summed E-state index contributed by atoms with van der Waals surface area (Å²) in [4.78, 5) is 12.6. The van der Waals surface area contributed by atoms with E-state index in [9.17, 15) is 13.2 Å². The van der Waals surface area contributed by atoms with Crippen LogP contribution in [0.1, 0.15) is 19.4 Å². The topological polar surface area (TPSA) is 101 Å². The number of nitrogens with one attached hydrogen (secondary N) is 1. The number of anilines is 2. The lowest BCUT2D eigenvalue weighted by molar-refractivity contribution is -0.122. The van der Waals surface area contributed by atoms with Crippen molar-refractivity contribution in [1.29, 1.82) is 0 Å². The SMILES string of the molecule is Cc1ccc2c(c1)O[C@H](C(=O)Nc1nnc(SC(C)C)s1)CN2S(C)(=O)=O. The number of carbonyl (C=O) groups excluding carboxylic acids is 1. The summed E-state index contributed by atoms with van der Waals surface area (Å²) < 4.78 is 32.1. The Balaban J connectivity index is 1.80. The fourth-order valence-corrected chi connectivity index (χ4v) is 5.40. The number of thioether (sulfide) groups is 1. The van der Waals surface area contributed by atoms with Gasteiger partial charge in [0.1, 0.15) is 5.75 Å². The van der Waals surface area contributed by atoms with E-state index in [0.717, 1.165) is 16.2 Å². The molecule has 1 atom stereocenters. The van der Waals surface area contributed by atoms with E-state index in [4.69, 9.17) is 4.74 Å². The molecule has 1 aliphatic rings. The number of rotatable bonds is 5. The van der Waals surface area contributed by atoms with Crippen LogP contribution in [0.15, 0.2) is 22.5 Å². The van der Waals surface area contributed by atoms with Crippen LogP contribution in [0.4, 0.5) is 10.8 Å². The zero-order valence-electron chi connectivity index (χ0n) is 15.3. The van der Waals surface area contributed by atoms with Crippen molar-refractivity contribution in [2.45, 2.75) is 36.5 Å². The molecular weight excluding hydrogens is 408 g/mol. The van der Waals surface area contributed by atoms with E-state index in [2.05, 4.69) is 15.5 Å². The van der Waals surface area contributed by atoms with Crippen molar-refractivity contribution >= 4 is 49.8 Å². The van der Waals surface area contributed by atoms with Gasteiger partial charge in [0.25, 0.3) is 5.91 Å². The van der Waals surface area contributed by atoms with Gasteiger partial charge in [0.05, 0.1) is 18.5 Å². The van der Waals surface area contributed by atoms with E-state index in [1.165, 1.54) is 15.6 Å². The first-order valence-corrected chi connectivity index (χ1v) is 11.7. The monoisotopic (exact) mass is 428 g/mol. The van der Waals surface area contributed by atoms with Crippen LogP contribution in [0.5, 0.6) is 5.75 Å². The van der Waals surface area contributed by atoms with Gasteiger partial charge in [-0.05, 0) is 24.6 Å². The number of nitrogens with zero attached hydrogens (tertiary/aromatic N) is 3. The third-order valence-electron chi connectivity index (χ3n) is 3.65. The largest absolute Gasteiger partial charge is 0.476 e. The van der Waals surface area contributed by atoms with Crippen LogP contribution in [0.25, 0.3) is 0 Å². The Morgan fingerprint density at radius 2 is 2.15 bits per heavy atom. The fraction of sp³-hybridized carbons (Fsp3) is 0.438. The van der Waals surface area contributed by atoms with Crippen molar-refractivity contribution < 1.29 is 17.9 Å². The number of fused-ring (bicyclic) bond motifs is 1. The molecule has 0 fully saturated rings. The van der Waals surface area contributed by atoms with E-state index in [-0.39, 0.29) is 6.54 Å². The predicted octanol–water partition coefficient (Wildman–Crippen LogP) is 2.51. The van der Waals surface area contributed by atoms with Crippen molar-refractivity contribution in [3.8, 4) is 5.75 Å². The van der Waals surface area contributed by atoms with Gasteiger partial charge in [-0.3, -0.25) is 14.4 Å². The van der Waals surface area contributed by atoms with Gasteiger partial charge in [0, 0.05) is 5.25 Å². The molecule has 0 radical (unpaired) electrons. The highest BCUT2D eigenvalue weighted by Crippen LogP contribution is 2.36. The first-order chi connectivity index (χ1) is 12.6. The summed E-state index contributed by atoms with van der Waals surface area (Å²) in [6, 6.07) is 5.20. The van der Waals surface area contributed by atoms with E-state index in [1.54, 1.807) is 30.0 Å².